The molecule has 66 valence electrons. The van der Waals surface area contributed by atoms with Crippen LogP contribution in [0.15, 0.2) is 48.6 Å². The van der Waals surface area contributed by atoms with Gasteiger partial charge in [0.25, 0.3) is 0 Å². The highest BCUT2D eigenvalue weighted by Gasteiger charge is 1.93. The van der Waals surface area contributed by atoms with Crippen LogP contribution in [0.1, 0.15) is 12.5 Å². The molecule has 0 atom stereocenters. The van der Waals surface area contributed by atoms with Crippen LogP contribution in [0.3, 0.4) is 0 Å². The summed E-state index contributed by atoms with van der Waals surface area (Å²) in [6.07, 6.45) is 6.08. The molecular formula is C12H12O. The van der Waals surface area contributed by atoms with Crippen LogP contribution in [0.4, 0.5) is 0 Å². The second-order valence-electron chi connectivity index (χ2n) is 2.61. The zero-order chi connectivity index (χ0) is 9.52. The molecule has 0 saturated heterocycles. The largest absolute Gasteiger partial charge is 0.299 e. The molecule has 1 aromatic carbocycles. The lowest BCUT2D eigenvalue weighted by Crippen LogP contribution is -1.78. The Morgan fingerprint density at radius 3 is 2.46 bits per heavy atom. The van der Waals surface area contributed by atoms with Gasteiger partial charge >= 0.3 is 0 Å². The van der Waals surface area contributed by atoms with Gasteiger partial charge in [0.2, 0.25) is 0 Å². The van der Waals surface area contributed by atoms with Crippen LogP contribution in [0.2, 0.25) is 0 Å². The first-order valence-corrected chi connectivity index (χ1v) is 4.22. The molecule has 0 aliphatic heterocycles. The summed E-state index contributed by atoms with van der Waals surface area (Å²) in [5, 5.41) is 0. The van der Waals surface area contributed by atoms with Gasteiger partial charge in [-0.1, -0.05) is 42.5 Å². The van der Waals surface area contributed by atoms with Crippen molar-refractivity contribution in [1.29, 1.82) is 0 Å². The molecule has 0 aliphatic rings. The van der Waals surface area contributed by atoms with Crippen molar-refractivity contribution in [3.05, 3.63) is 54.1 Å². The fourth-order valence-electron chi connectivity index (χ4n) is 1.13. The monoisotopic (exact) mass is 172 g/mol. The van der Waals surface area contributed by atoms with Crippen LogP contribution < -0.4 is 0 Å². The second kappa shape index (κ2) is 5.09. The third-order valence-corrected chi connectivity index (χ3v) is 1.77. The Morgan fingerprint density at radius 2 is 1.92 bits per heavy atom. The summed E-state index contributed by atoms with van der Waals surface area (Å²) in [6, 6.07) is 9.97. The van der Waals surface area contributed by atoms with Crippen LogP contribution >= 0.6 is 0 Å². The van der Waals surface area contributed by atoms with E-state index in [1.54, 1.807) is 0 Å². The van der Waals surface area contributed by atoms with Gasteiger partial charge in [-0.25, -0.2) is 0 Å². The maximum atomic E-state index is 10.1. The molecule has 0 bridgehead atoms. The van der Waals surface area contributed by atoms with Crippen molar-refractivity contribution in [2.45, 2.75) is 6.92 Å². The number of carbonyl (C=O) groups is 1. The van der Waals surface area contributed by atoms with E-state index in [1.807, 2.05) is 49.4 Å². The molecule has 1 nitrogen and oxygen atoms in total. The summed E-state index contributed by atoms with van der Waals surface area (Å²) in [5.74, 6) is 0. The molecule has 0 aromatic heterocycles. The van der Waals surface area contributed by atoms with Crippen LogP contribution in [-0.2, 0) is 4.79 Å². The van der Waals surface area contributed by atoms with E-state index in [0.717, 1.165) is 17.4 Å². The average Bonchev–Trinajstić information content (AvgIpc) is 2.21. The highest BCUT2D eigenvalue weighted by molar-refractivity contribution is 5.79. The van der Waals surface area contributed by atoms with Gasteiger partial charge in [-0.05, 0) is 24.1 Å². The minimum atomic E-state index is 0.784. The molecule has 0 N–H and O–H groups in total. The van der Waals surface area contributed by atoms with E-state index in [-0.39, 0.29) is 0 Å². The molecule has 0 amide bonds. The van der Waals surface area contributed by atoms with Gasteiger partial charge in [-0.2, -0.15) is 0 Å². The molecule has 0 unspecified atom stereocenters. The minimum Gasteiger partial charge on any atom is -0.299 e. The predicted octanol–water partition coefficient (Wildman–Crippen LogP) is 2.85. The molecule has 0 saturated carbocycles. The zero-order valence-corrected chi connectivity index (χ0v) is 7.60. The number of carbonyl (C=O) groups excluding carboxylic acids is 1. The van der Waals surface area contributed by atoms with Gasteiger partial charge < -0.3 is 0 Å². The number of hydrogen-bond donors (Lipinski definition) is 0. The van der Waals surface area contributed by atoms with Crippen molar-refractivity contribution in [1.82, 2.24) is 0 Å². The minimum absolute atomic E-state index is 0.784. The third kappa shape index (κ3) is 2.71. The normalized spacial score (nSPS) is 11.9. The fourth-order valence-corrected chi connectivity index (χ4v) is 1.13. The van der Waals surface area contributed by atoms with Gasteiger partial charge in [0.05, 0.1) is 0 Å². The molecule has 13 heavy (non-hydrogen) atoms. The van der Waals surface area contributed by atoms with Crippen LogP contribution in [0.25, 0.3) is 5.57 Å². The first kappa shape index (κ1) is 9.46. The van der Waals surface area contributed by atoms with Crippen molar-refractivity contribution in [3.63, 3.8) is 0 Å². The second-order valence-corrected chi connectivity index (χ2v) is 2.61. The summed E-state index contributed by atoms with van der Waals surface area (Å²) in [4.78, 5) is 10.1. The number of benzene rings is 1. The quantitative estimate of drug-likeness (QED) is 0.389. The molecule has 1 rings (SSSR count). The Kier molecular flexibility index (Phi) is 3.71. The Morgan fingerprint density at radius 1 is 1.23 bits per heavy atom. The molecule has 1 heteroatoms. The van der Waals surface area contributed by atoms with E-state index in [4.69, 9.17) is 0 Å². The van der Waals surface area contributed by atoms with E-state index in [2.05, 4.69) is 0 Å². The number of rotatable bonds is 3. The first-order chi connectivity index (χ1) is 6.38. The SMILES string of the molecule is C/C=C(/C=C/C=O)c1ccccc1. The van der Waals surface area contributed by atoms with Crippen molar-refractivity contribution in [3.8, 4) is 0 Å². The van der Waals surface area contributed by atoms with E-state index in [0.29, 0.717) is 0 Å². The standard InChI is InChI=1S/C12H12O/c1-2-11(9-6-10-13)12-7-4-3-5-8-12/h2-10H,1H3/b9-6+,11-2-. The fraction of sp³-hybridized carbons (Fsp3) is 0.0833. The molecule has 0 aliphatic carbocycles. The van der Waals surface area contributed by atoms with Crippen molar-refractivity contribution in [2.75, 3.05) is 0 Å². The van der Waals surface area contributed by atoms with E-state index in [9.17, 15) is 4.79 Å². The predicted molar refractivity (Wildman–Crippen MR) is 55.3 cm³/mol. The molecular weight excluding hydrogens is 160 g/mol. The lowest BCUT2D eigenvalue weighted by molar-refractivity contribution is -0.104. The number of aldehydes is 1. The summed E-state index contributed by atoms with van der Waals surface area (Å²) < 4.78 is 0. The van der Waals surface area contributed by atoms with Gasteiger partial charge in [0, 0.05) is 0 Å². The van der Waals surface area contributed by atoms with Gasteiger partial charge in [0.1, 0.15) is 6.29 Å². The lowest BCUT2D eigenvalue weighted by atomic mass is 10.1. The van der Waals surface area contributed by atoms with Crippen LogP contribution in [-0.4, -0.2) is 6.29 Å². The molecule has 0 fully saturated rings. The van der Waals surface area contributed by atoms with Gasteiger partial charge in [-0.3, -0.25) is 4.79 Å². The highest BCUT2D eigenvalue weighted by atomic mass is 16.1. The van der Waals surface area contributed by atoms with Crippen molar-refractivity contribution >= 4 is 11.9 Å². The zero-order valence-electron chi connectivity index (χ0n) is 7.60. The molecule has 0 heterocycles. The van der Waals surface area contributed by atoms with Crippen LogP contribution in [0.5, 0.6) is 0 Å². The van der Waals surface area contributed by atoms with E-state index >= 15 is 0 Å². The maximum Gasteiger partial charge on any atom is 0.142 e. The Hall–Kier alpha value is -1.63. The maximum absolute atomic E-state index is 10.1. The highest BCUT2D eigenvalue weighted by Crippen LogP contribution is 2.14. The Labute approximate surface area is 78.4 Å². The summed E-state index contributed by atoms with van der Waals surface area (Å²) in [7, 11) is 0. The van der Waals surface area contributed by atoms with E-state index in [1.165, 1.54) is 6.08 Å². The van der Waals surface area contributed by atoms with Crippen molar-refractivity contribution < 1.29 is 4.79 Å². The average molecular weight is 172 g/mol. The smallest absolute Gasteiger partial charge is 0.142 e. The topological polar surface area (TPSA) is 17.1 Å². The summed E-state index contributed by atoms with van der Waals surface area (Å²) in [6.45, 7) is 1.96. The van der Waals surface area contributed by atoms with E-state index < -0.39 is 0 Å². The molecule has 1 aromatic rings. The summed E-state index contributed by atoms with van der Waals surface area (Å²) in [5.41, 5.74) is 2.19. The Balaban J connectivity index is 2.92. The summed E-state index contributed by atoms with van der Waals surface area (Å²) >= 11 is 0. The van der Waals surface area contributed by atoms with Gasteiger partial charge in [0.15, 0.2) is 0 Å². The third-order valence-electron chi connectivity index (χ3n) is 1.77. The molecule has 0 spiro atoms. The van der Waals surface area contributed by atoms with Crippen LogP contribution in [0, 0.1) is 0 Å². The van der Waals surface area contributed by atoms with Crippen molar-refractivity contribution in [2.24, 2.45) is 0 Å². The number of hydrogen-bond acceptors (Lipinski definition) is 1. The first-order valence-electron chi connectivity index (χ1n) is 4.22. The lowest BCUT2D eigenvalue weighted by Gasteiger charge is -1.99. The Bertz CT molecular complexity index is 320. The van der Waals surface area contributed by atoms with Gasteiger partial charge in [-0.15, -0.1) is 0 Å². The molecule has 0 radical (unpaired) electrons. The number of allylic oxidation sites excluding steroid dienone is 4.